The topological polar surface area (TPSA) is 29.1 Å². The maximum absolute atomic E-state index is 11.7. The Bertz CT molecular complexity index is 346. The Kier molecular flexibility index (Phi) is 4.92. The van der Waals surface area contributed by atoms with Crippen molar-refractivity contribution in [2.75, 3.05) is 12.3 Å². The van der Waals surface area contributed by atoms with E-state index in [1.54, 1.807) is 11.8 Å². The summed E-state index contributed by atoms with van der Waals surface area (Å²) in [7, 11) is 0. The molecular formula is C14H19NOS. The molecule has 17 heavy (non-hydrogen) atoms. The minimum absolute atomic E-state index is 0.260. The Morgan fingerprint density at radius 1 is 1.24 bits per heavy atom. The first-order valence-corrected chi connectivity index (χ1v) is 7.30. The quantitative estimate of drug-likeness (QED) is 0.642. The first-order valence-electron chi connectivity index (χ1n) is 6.32. The fourth-order valence-corrected chi connectivity index (χ4v) is 2.98. The molecule has 1 saturated carbocycles. The second kappa shape index (κ2) is 6.70. The van der Waals surface area contributed by atoms with Gasteiger partial charge in [0.15, 0.2) is 0 Å². The average molecular weight is 249 g/mol. The van der Waals surface area contributed by atoms with Crippen molar-refractivity contribution in [1.29, 1.82) is 0 Å². The van der Waals surface area contributed by atoms with Gasteiger partial charge in [-0.25, -0.2) is 0 Å². The van der Waals surface area contributed by atoms with Gasteiger partial charge in [-0.2, -0.15) is 0 Å². The van der Waals surface area contributed by atoms with E-state index in [-0.39, 0.29) is 11.8 Å². The summed E-state index contributed by atoms with van der Waals surface area (Å²) < 4.78 is 0. The predicted molar refractivity (Wildman–Crippen MR) is 72.1 cm³/mol. The Hall–Kier alpha value is -0.960. The molecule has 92 valence electrons. The van der Waals surface area contributed by atoms with E-state index in [4.69, 9.17) is 0 Å². The number of hydrogen-bond donors (Lipinski definition) is 1. The highest BCUT2D eigenvalue weighted by Gasteiger charge is 2.21. The van der Waals surface area contributed by atoms with Gasteiger partial charge in [0.1, 0.15) is 0 Å². The zero-order valence-electron chi connectivity index (χ0n) is 10.0. The average Bonchev–Trinajstić information content (AvgIpc) is 2.89. The van der Waals surface area contributed by atoms with E-state index in [1.807, 2.05) is 18.2 Å². The van der Waals surface area contributed by atoms with Crippen molar-refractivity contribution in [2.45, 2.75) is 30.6 Å². The number of rotatable bonds is 5. The molecule has 0 aliphatic heterocycles. The number of amides is 1. The first kappa shape index (κ1) is 12.5. The zero-order chi connectivity index (χ0) is 11.9. The molecule has 0 radical (unpaired) electrons. The highest BCUT2D eigenvalue weighted by atomic mass is 32.2. The van der Waals surface area contributed by atoms with Crippen molar-refractivity contribution in [3.8, 4) is 0 Å². The molecule has 1 aromatic carbocycles. The third-order valence-electron chi connectivity index (χ3n) is 3.14. The van der Waals surface area contributed by atoms with Crippen LogP contribution in [0.4, 0.5) is 0 Å². The van der Waals surface area contributed by atoms with Crippen molar-refractivity contribution in [1.82, 2.24) is 5.32 Å². The lowest BCUT2D eigenvalue weighted by Gasteiger charge is -2.09. The van der Waals surface area contributed by atoms with Gasteiger partial charge >= 0.3 is 0 Å². The van der Waals surface area contributed by atoms with E-state index in [0.29, 0.717) is 0 Å². The van der Waals surface area contributed by atoms with Crippen LogP contribution in [0.5, 0.6) is 0 Å². The van der Waals surface area contributed by atoms with Crippen LogP contribution in [0, 0.1) is 5.92 Å². The summed E-state index contributed by atoms with van der Waals surface area (Å²) >= 11 is 1.79. The summed E-state index contributed by atoms with van der Waals surface area (Å²) in [5.74, 6) is 1.50. The lowest BCUT2D eigenvalue weighted by atomic mass is 10.1. The molecule has 3 heteroatoms. The van der Waals surface area contributed by atoms with Crippen LogP contribution in [-0.2, 0) is 4.79 Å². The molecule has 0 saturated heterocycles. The molecule has 0 unspecified atom stereocenters. The third-order valence-corrected chi connectivity index (χ3v) is 4.15. The maximum Gasteiger partial charge on any atom is 0.223 e. The minimum Gasteiger partial charge on any atom is -0.355 e. The van der Waals surface area contributed by atoms with Gasteiger partial charge in [0.05, 0.1) is 0 Å². The van der Waals surface area contributed by atoms with Gasteiger partial charge < -0.3 is 5.32 Å². The van der Waals surface area contributed by atoms with Gasteiger partial charge in [0.25, 0.3) is 0 Å². The van der Waals surface area contributed by atoms with Gasteiger partial charge in [-0.1, -0.05) is 31.0 Å². The normalized spacial score (nSPS) is 16.0. The molecule has 0 atom stereocenters. The van der Waals surface area contributed by atoms with Crippen molar-refractivity contribution in [3.05, 3.63) is 30.3 Å². The molecule has 0 aromatic heterocycles. The Morgan fingerprint density at radius 2 is 1.94 bits per heavy atom. The van der Waals surface area contributed by atoms with Crippen LogP contribution in [0.2, 0.25) is 0 Å². The van der Waals surface area contributed by atoms with E-state index >= 15 is 0 Å². The number of nitrogens with one attached hydrogen (secondary N) is 1. The maximum atomic E-state index is 11.7. The molecule has 1 aliphatic rings. The first-order chi connectivity index (χ1) is 8.36. The van der Waals surface area contributed by atoms with Crippen LogP contribution in [0.1, 0.15) is 25.7 Å². The lowest BCUT2D eigenvalue weighted by molar-refractivity contribution is -0.124. The van der Waals surface area contributed by atoms with Crippen LogP contribution in [0.3, 0.4) is 0 Å². The molecule has 0 spiro atoms. The SMILES string of the molecule is O=C(NCCSc1ccccc1)C1CCCC1. The largest absolute Gasteiger partial charge is 0.355 e. The minimum atomic E-state index is 0.260. The zero-order valence-corrected chi connectivity index (χ0v) is 10.8. The van der Waals surface area contributed by atoms with Gasteiger partial charge in [0.2, 0.25) is 5.91 Å². The van der Waals surface area contributed by atoms with Crippen molar-refractivity contribution in [2.24, 2.45) is 5.92 Å². The molecule has 1 aliphatic carbocycles. The summed E-state index contributed by atoms with van der Waals surface area (Å²) in [6.07, 6.45) is 4.60. The molecule has 2 rings (SSSR count). The molecule has 0 heterocycles. The van der Waals surface area contributed by atoms with Crippen LogP contribution in [-0.4, -0.2) is 18.2 Å². The monoisotopic (exact) mass is 249 g/mol. The van der Waals surface area contributed by atoms with E-state index in [0.717, 1.165) is 25.1 Å². The number of carbonyl (C=O) groups is 1. The number of hydrogen-bond acceptors (Lipinski definition) is 2. The molecule has 1 N–H and O–H groups in total. The van der Waals surface area contributed by atoms with Gasteiger partial charge in [-0.05, 0) is 25.0 Å². The lowest BCUT2D eigenvalue weighted by Crippen LogP contribution is -2.30. The standard InChI is InChI=1S/C14H19NOS/c16-14(12-6-4-5-7-12)15-10-11-17-13-8-2-1-3-9-13/h1-3,8-9,12H,4-7,10-11H2,(H,15,16). The van der Waals surface area contributed by atoms with Gasteiger partial charge in [-0.3, -0.25) is 4.79 Å². The molecule has 2 nitrogen and oxygen atoms in total. The second-order valence-corrected chi connectivity index (χ2v) is 5.60. The number of carbonyl (C=O) groups excluding carboxylic acids is 1. The van der Waals surface area contributed by atoms with E-state index in [9.17, 15) is 4.79 Å². The van der Waals surface area contributed by atoms with Crippen LogP contribution in [0.15, 0.2) is 35.2 Å². The summed E-state index contributed by atoms with van der Waals surface area (Å²) in [6.45, 7) is 0.773. The summed E-state index contributed by atoms with van der Waals surface area (Å²) in [5, 5.41) is 3.04. The molecule has 0 bridgehead atoms. The smallest absolute Gasteiger partial charge is 0.223 e. The van der Waals surface area contributed by atoms with E-state index < -0.39 is 0 Å². The van der Waals surface area contributed by atoms with E-state index in [2.05, 4.69) is 17.4 Å². The Morgan fingerprint density at radius 3 is 2.65 bits per heavy atom. The molecule has 1 amide bonds. The Labute approximate surface area is 107 Å². The van der Waals surface area contributed by atoms with Gasteiger partial charge in [0, 0.05) is 23.1 Å². The summed E-state index contributed by atoms with van der Waals surface area (Å²) in [5.41, 5.74) is 0. The van der Waals surface area contributed by atoms with Crippen LogP contribution >= 0.6 is 11.8 Å². The highest BCUT2D eigenvalue weighted by molar-refractivity contribution is 7.99. The van der Waals surface area contributed by atoms with Crippen LogP contribution < -0.4 is 5.32 Å². The van der Waals surface area contributed by atoms with Gasteiger partial charge in [-0.15, -0.1) is 11.8 Å². The summed E-state index contributed by atoms with van der Waals surface area (Å²) in [6, 6.07) is 10.3. The second-order valence-electron chi connectivity index (χ2n) is 4.43. The van der Waals surface area contributed by atoms with Crippen LogP contribution in [0.25, 0.3) is 0 Å². The van der Waals surface area contributed by atoms with Crippen molar-refractivity contribution in [3.63, 3.8) is 0 Å². The van der Waals surface area contributed by atoms with Crippen molar-refractivity contribution >= 4 is 17.7 Å². The highest BCUT2D eigenvalue weighted by Crippen LogP contribution is 2.24. The number of benzene rings is 1. The third kappa shape index (κ3) is 4.08. The fourth-order valence-electron chi connectivity index (χ4n) is 2.19. The molecule has 1 aromatic rings. The predicted octanol–water partition coefficient (Wildman–Crippen LogP) is 3.09. The number of thioether (sulfide) groups is 1. The fraction of sp³-hybridized carbons (Fsp3) is 0.500. The van der Waals surface area contributed by atoms with Crippen molar-refractivity contribution < 1.29 is 4.79 Å². The Balaban J connectivity index is 1.61. The van der Waals surface area contributed by atoms with E-state index in [1.165, 1.54) is 17.7 Å². The molecular weight excluding hydrogens is 230 g/mol. The summed E-state index contributed by atoms with van der Waals surface area (Å²) in [4.78, 5) is 13.0. The molecule has 1 fully saturated rings.